The number of aromatic nitrogens is 3. The predicted octanol–water partition coefficient (Wildman–Crippen LogP) is 3.08. The van der Waals surface area contributed by atoms with Crippen LogP contribution >= 0.6 is 11.3 Å². The van der Waals surface area contributed by atoms with Crippen LogP contribution in [0.3, 0.4) is 0 Å². The summed E-state index contributed by atoms with van der Waals surface area (Å²) in [4.78, 5) is 6.96. The highest BCUT2D eigenvalue weighted by atomic mass is 32.1. The van der Waals surface area contributed by atoms with Crippen molar-refractivity contribution in [3.8, 4) is 0 Å². The van der Waals surface area contributed by atoms with Crippen molar-refractivity contribution < 1.29 is 4.74 Å². The lowest BCUT2D eigenvalue weighted by atomic mass is 9.83. The molecule has 1 N–H and O–H groups in total. The van der Waals surface area contributed by atoms with Crippen molar-refractivity contribution in [2.45, 2.75) is 31.4 Å². The van der Waals surface area contributed by atoms with E-state index in [-0.39, 0.29) is 5.60 Å². The molecule has 1 saturated heterocycles. The van der Waals surface area contributed by atoms with Gasteiger partial charge in [-0.1, -0.05) is 12.1 Å². The van der Waals surface area contributed by atoms with Gasteiger partial charge in [-0.15, -0.1) is 11.3 Å². The summed E-state index contributed by atoms with van der Waals surface area (Å²) in [6, 6.07) is 6.44. The third kappa shape index (κ3) is 2.29. The fraction of sp³-hybridized carbons (Fsp3) is 0.444. The van der Waals surface area contributed by atoms with E-state index < -0.39 is 0 Å². The van der Waals surface area contributed by atoms with Crippen molar-refractivity contribution in [1.82, 2.24) is 20.1 Å². The molecule has 0 unspecified atom stereocenters. The van der Waals surface area contributed by atoms with Gasteiger partial charge in [-0.25, -0.2) is 4.98 Å². The number of aromatic amines is 1. The van der Waals surface area contributed by atoms with E-state index >= 15 is 0 Å². The van der Waals surface area contributed by atoms with Crippen LogP contribution in [0.25, 0.3) is 10.2 Å². The number of nitrogens with zero attached hydrogens (tertiary/aromatic N) is 3. The van der Waals surface area contributed by atoms with Crippen molar-refractivity contribution in [2.24, 2.45) is 0 Å². The average Bonchev–Trinajstić information content (AvgIpc) is 3.27. The number of hydrogen-bond donors (Lipinski definition) is 1. The molecule has 1 aromatic carbocycles. The van der Waals surface area contributed by atoms with Crippen molar-refractivity contribution in [3.63, 3.8) is 0 Å². The zero-order valence-corrected chi connectivity index (χ0v) is 14.3. The Balaban J connectivity index is 1.34. The van der Waals surface area contributed by atoms with Gasteiger partial charge in [-0.2, -0.15) is 5.10 Å². The van der Waals surface area contributed by atoms with E-state index in [0.717, 1.165) is 51.0 Å². The summed E-state index contributed by atoms with van der Waals surface area (Å²) in [6.07, 6.45) is 5.00. The molecule has 5 rings (SSSR count). The topological polar surface area (TPSA) is 54.0 Å². The lowest BCUT2D eigenvalue weighted by molar-refractivity contribution is -0.102. The molecule has 124 valence electrons. The molecular weight excluding hydrogens is 320 g/mol. The number of likely N-dealkylation sites (tertiary alicyclic amines) is 1. The van der Waals surface area contributed by atoms with Crippen LogP contribution in [0.1, 0.15) is 29.7 Å². The number of rotatable bonds is 2. The van der Waals surface area contributed by atoms with E-state index in [0.29, 0.717) is 0 Å². The summed E-state index contributed by atoms with van der Waals surface area (Å²) in [5.74, 6) is 0. The van der Waals surface area contributed by atoms with Crippen LogP contribution in [0.2, 0.25) is 0 Å². The van der Waals surface area contributed by atoms with E-state index in [9.17, 15) is 0 Å². The van der Waals surface area contributed by atoms with Gasteiger partial charge in [0.15, 0.2) is 0 Å². The van der Waals surface area contributed by atoms with E-state index in [2.05, 4.69) is 38.3 Å². The van der Waals surface area contributed by atoms with Crippen molar-refractivity contribution in [1.29, 1.82) is 0 Å². The first-order valence-electron chi connectivity index (χ1n) is 8.54. The zero-order chi connectivity index (χ0) is 16.0. The second kappa shape index (κ2) is 5.65. The number of piperidine rings is 1. The highest BCUT2D eigenvalue weighted by molar-refractivity contribution is 7.16. The van der Waals surface area contributed by atoms with E-state index in [1.807, 2.05) is 11.7 Å². The lowest BCUT2D eigenvalue weighted by Gasteiger charge is -2.43. The van der Waals surface area contributed by atoms with Gasteiger partial charge in [0.2, 0.25) is 0 Å². The maximum Gasteiger partial charge on any atom is 0.112 e. The second-order valence-electron chi connectivity index (χ2n) is 6.76. The van der Waals surface area contributed by atoms with Crippen LogP contribution in [-0.4, -0.2) is 39.8 Å². The molecular formula is C18H20N4OS. The van der Waals surface area contributed by atoms with Crippen LogP contribution in [0.4, 0.5) is 0 Å². The van der Waals surface area contributed by atoms with Gasteiger partial charge in [-0.05, 0) is 36.5 Å². The van der Waals surface area contributed by atoms with Crippen molar-refractivity contribution in [3.05, 3.63) is 46.7 Å². The Morgan fingerprint density at radius 3 is 3.12 bits per heavy atom. The summed E-state index contributed by atoms with van der Waals surface area (Å²) < 4.78 is 7.56. The number of thiazole rings is 1. The molecule has 0 radical (unpaired) electrons. The third-order valence-electron chi connectivity index (χ3n) is 5.42. The lowest BCUT2D eigenvalue weighted by Crippen LogP contribution is -2.46. The minimum atomic E-state index is -0.142. The molecule has 5 nitrogen and oxygen atoms in total. The van der Waals surface area contributed by atoms with E-state index in [4.69, 9.17) is 4.74 Å². The summed E-state index contributed by atoms with van der Waals surface area (Å²) in [5, 5.41) is 7.45. The number of fused-ring (bicyclic) bond motifs is 3. The normalized spacial score (nSPS) is 20.5. The van der Waals surface area contributed by atoms with Gasteiger partial charge in [0, 0.05) is 19.6 Å². The van der Waals surface area contributed by atoms with Crippen LogP contribution in [0.5, 0.6) is 0 Å². The quantitative estimate of drug-likeness (QED) is 0.779. The van der Waals surface area contributed by atoms with Gasteiger partial charge >= 0.3 is 0 Å². The largest absolute Gasteiger partial charge is 0.368 e. The van der Waals surface area contributed by atoms with E-state index in [1.165, 1.54) is 21.5 Å². The van der Waals surface area contributed by atoms with Gasteiger partial charge in [0.25, 0.3) is 0 Å². The summed E-state index contributed by atoms with van der Waals surface area (Å²) in [7, 11) is 0. The molecule has 2 aromatic heterocycles. The van der Waals surface area contributed by atoms with Crippen LogP contribution in [-0.2, 0) is 23.3 Å². The fourth-order valence-electron chi connectivity index (χ4n) is 4.10. The summed E-state index contributed by atoms with van der Waals surface area (Å²) in [6.45, 7) is 3.90. The molecule has 4 heterocycles. The Kier molecular flexibility index (Phi) is 3.43. The molecule has 0 aliphatic carbocycles. The minimum Gasteiger partial charge on any atom is -0.368 e. The molecule has 1 fully saturated rings. The Bertz CT molecular complexity index is 863. The second-order valence-corrected chi connectivity index (χ2v) is 7.61. The van der Waals surface area contributed by atoms with Gasteiger partial charge in [0.1, 0.15) is 5.60 Å². The molecule has 2 aliphatic rings. The molecule has 1 spiro atoms. The van der Waals surface area contributed by atoms with Crippen LogP contribution < -0.4 is 0 Å². The van der Waals surface area contributed by atoms with Crippen LogP contribution in [0, 0.1) is 0 Å². The Morgan fingerprint density at radius 1 is 1.29 bits per heavy atom. The molecule has 3 aromatic rings. The summed E-state index contributed by atoms with van der Waals surface area (Å²) >= 11 is 1.74. The minimum absolute atomic E-state index is 0.142. The van der Waals surface area contributed by atoms with Gasteiger partial charge in [0.05, 0.1) is 34.2 Å². The van der Waals surface area contributed by atoms with Gasteiger partial charge in [-0.3, -0.25) is 10.00 Å². The Labute approximate surface area is 144 Å². The van der Waals surface area contributed by atoms with Crippen LogP contribution in [0.15, 0.2) is 29.9 Å². The maximum atomic E-state index is 6.24. The Morgan fingerprint density at radius 2 is 2.21 bits per heavy atom. The highest BCUT2D eigenvalue weighted by Crippen LogP contribution is 2.40. The standard InChI is InChI=1S/C18H20N4OS/c1-2-14(16-15(3-1)19-12-24-16)11-22-7-5-18(6-8-22)17-13(4-9-23-18)10-20-21-17/h1-3,10,12H,4-9,11H2,(H,20,21). The average molecular weight is 340 g/mol. The molecule has 0 atom stereocenters. The number of H-pyrrole nitrogens is 1. The monoisotopic (exact) mass is 340 g/mol. The molecule has 0 bridgehead atoms. The fourth-order valence-corrected chi connectivity index (χ4v) is 4.90. The smallest absolute Gasteiger partial charge is 0.112 e. The van der Waals surface area contributed by atoms with Gasteiger partial charge < -0.3 is 4.74 Å². The number of ether oxygens (including phenoxy) is 1. The maximum absolute atomic E-state index is 6.24. The molecule has 6 heteroatoms. The van der Waals surface area contributed by atoms with Crippen molar-refractivity contribution >= 4 is 21.6 Å². The number of hydrogen-bond acceptors (Lipinski definition) is 5. The first kappa shape index (κ1) is 14.6. The predicted molar refractivity (Wildman–Crippen MR) is 94.1 cm³/mol. The molecule has 0 saturated carbocycles. The third-order valence-corrected chi connectivity index (χ3v) is 6.34. The first-order valence-corrected chi connectivity index (χ1v) is 9.42. The molecule has 2 aliphatic heterocycles. The molecule has 24 heavy (non-hydrogen) atoms. The Hall–Kier alpha value is -1.76. The highest BCUT2D eigenvalue weighted by Gasteiger charge is 2.42. The zero-order valence-electron chi connectivity index (χ0n) is 13.5. The van der Waals surface area contributed by atoms with Crippen molar-refractivity contribution in [2.75, 3.05) is 19.7 Å². The summed E-state index contributed by atoms with van der Waals surface area (Å²) in [5.41, 5.74) is 6.86. The first-order chi connectivity index (χ1) is 11.8. The number of benzene rings is 1. The molecule has 0 amide bonds. The number of nitrogens with one attached hydrogen (secondary N) is 1. The van der Waals surface area contributed by atoms with E-state index in [1.54, 1.807) is 11.3 Å². The SMILES string of the molecule is c1cc(CN2CCC3(CC2)OCCc2cn[nH]c23)c2scnc2c1.